The molecule has 0 saturated heterocycles. The average Bonchev–Trinajstić information content (AvgIpc) is 3.28. The molecule has 0 radical (unpaired) electrons. The predicted molar refractivity (Wildman–Crippen MR) is 76.9 cm³/mol. The molecule has 2 saturated carbocycles. The summed E-state index contributed by atoms with van der Waals surface area (Å²) >= 11 is 0. The van der Waals surface area contributed by atoms with Crippen LogP contribution in [0, 0.1) is 24.6 Å². The third-order valence-electron chi connectivity index (χ3n) is 4.27. The summed E-state index contributed by atoms with van der Waals surface area (Å²) in [6.45, 7) is 3.25. The van der Waals surface area contributed by atoms with Crippen LogP contribution in [-0.2, 0) is 0 Å². The van der Waals surface area contributed by atoms with E-state index in [-0.39, 0.29) is 5.91 Å². The highest BCUT2D eigenvalue weighted by Gasteiger charge is 2.32. The zero-order valence-electron chi connectivity index (χ0n) is 11.9. The summed E-state index contributed by atoms with van der Waals surface area (Å²) < 4.78 is 13.8. The van der Waals surface area contributed by atoms with Crippen molar-refractivity contribution in [2.24, 2.45) is 11.8 Å². The van der Waals surface area contributed by atoms with E-state index in [1.165, 1.54) is 31.7 Å². The van der Waals surface area contributed by atoms with E-state index in [1.807, 2.05) is 4.90 Å². The number of halogens is 1. The van der Waals surface area contributed by atoms with E-state index >= 15 is 0 Å². The minimum absolute atomic E-state index is 0.0746. The van der Waals surface area contributed by atoms with E-state index in [0.29, 0.717) is 28.7 Å². The molecule has 0 aliphatic heterocycles. The molecule has 2 N–H and O–H groups in total. The smallest absolute Gasteiger partial charge is 0.254 e. The van der Waals surface area contributed by atoms with Gasteiger partial charge in [0.2, 0.25) is 0 Å². The van der Waals surface area contributed by atoms with Gasteiger partial charge in [-0.1, -0.05) is 0 Å². The number of benzene rings is 1. The molecule has 4 heteroatoms. The average molecular weight is 276 g/mol. The Labute approximate surface area is 118 Å². The van der Waals surface area contributed by atoms with Crippen molar-refractivity contribution in [3.63, 3.8) is 0 Å². The summed E-state index contributed by atoms with van der Waals surface area (Å²) in [6.07, 6.45) is 4.83. The highest BCUT2D eigenvalue weighted by molar-refractivity contribution is 5.95. The van der Waals surface area contributed by atoms with Gasteiger partial charge in [0, 0.05) is 29.9 Å². The maximum atomic E-state index is 13.8. The second-order valence-electron chi connectivity index (χ2n) is 6.27. The van der Waals surface area contributed by atoms with E-state index in [1.54, 1.807) is 13.0 Å². The van der Waals surface area contributed by atoms with Crippen LogP contribution in [0.25, 0.3) is 0 Å². The van der Waals surface area contributed by atoms with E-state index in [2.05, 4.69) is 0 Å². The molecule has 1 aromatic carbocycles. The van der Waals surface area contributed by atoms with Crippen molar-refractivity contribution in [2.45, 2.75) is 32.6 Å². The topological polar surface area (TPSA) is 46.3 Å². The van der Waals surface area contributed by atoms with E-state index in [9.17, 15) is 9.18 Å². The Morgan fingerprint density at radius 1 is 1.25 bits per heavy atom. The molecule has 3 rings (SSSR count). The molecule has 20 heavy (non-hydrogen) atoms. The number of nitrogens with zero attached hydrogens (tertiary/aromatic N) is 1. The third kappa shape index (κ3) is 2.94. The molecule has 1 amide bonds. The van der Waals surface area contributed by atoms with Gasteiger partial charge in [0.25, 0.3) is 5.91 Å². The summed E-state index contributed by atoms with van der Waals surface area (Å²) in [5.74, 6) is 0.816. The lowest BCUT2D eigenvalue weighted by Crippen LogP contribution is -2.34. The van der Waals surface area contributed by atoms with Crippen LogP contribution in [0.1, 0.15) is 41.6 Å². The fraction of sp³-hybridized carbons (Fsp3) is 0.562. The van der Waals surface area contributed by atoms with E-state index in [0.717, 1.165) is 13.1 Å². The van der Waals surface area contributed by atoms with Crippen LogP contribution in [-0.4, -0.2) is 23.9 Å². The molecule has 0 atom stereocenters. The molecule has 0 bridgehead atoms. The number of carbonyl (C=O) groups is 1. The predicted octanol–water partition coefficient (Wildman–Crippen LogP) is 2.98. The molecular weight excluding hydrogens is 255 g/mol. The Morgan fingerprint density at radius 2 is 1.80 bits per heavy atom. The van der Waals surface area contributed by atoms with Gasteiger partial charge in [-0.05, 0) is 56.6 Å². The maximum absolute atomic E-state index is 13.8. The maximum Gasteiger partial charge on any atom is 0.254 e. The summed E-state index contributed by atoms with van der Waals surface area (Å²) in [5.41, 5.74) is 6.92. The Bertz CT molecular complexity index is 498. The highest BCUT2D eigenvalue weighted by Crippen LogP contribution is 2.34. The van der Waals surface area contributed by atoms with Crippen molar-refractivity contribution in [1.29, 1.82) is 0 Å². The van der Waals surface area contributed by atoms with Crippen molar-refractivity contribution in [3.05, 3.63) is 29.1 Å². The Hall–Kier alpha value is -1.58. The molecule has 2 aliphatic carbocycles. The Balaban J connectivity index is 1.79. The number of amides is 1. The summed E-state index contributed by atoms with van der Waals surface area (Å²) in [6, 6.07) is 2.92. The van der Waals surface area contributed by atoms with Gasteiger partial charge in [0.05, 0.1) is 0 Å². The number of anilines is 1. The van der Waals surface area contributed by atoms with Gasteiger partial charge in [-0.15, -0.1) is 0 Å². The molecule has 3 nitrogen and oxygen atoms in total. The first-order chi connectivity index (χ1) is 9.54. The fourth-order valence-corrected chi connectivity index (χ4v) is 2.47. The minimum atomic E-state index is -0.397. The largest absolute Gasteiger partial charge is 0.398 e. The van der Waals surface area contributed by atoms with Gasteiger partial charge in [-0.3, -0.25) is 4.79 Å². The van der Waals surface area contributed by atoms with Crippen molar-refractivity contribution < 1.29 is 9.18 Å². The molecule has 0 aromatic heterocycles. The minimum Gasteiger partial charge on any atom is -0.398 e. The second kappa shape index (κ2) is 5.08. The van der Waals surface area contributed by atoms with Crippen LogP contribution < -0.4 is 5.73 Å². The molecular formula is C16H21FN2O. The lowest BCUT2D eigenvalue weighted by Gasteiger charge is -2.23. The number of hydrogen-bond acceptors (Lipinski definition) is 2. The molecule has 2 aliphatic rings. The standard InChI is InChI=1S/C16H21FN2O/c1-10-14(17)6-13(7-15(10)18)16(20)19(8-11-2-3-11)9-12-4-5-12/h6-7,11-12H,2-5,8-9,18H2,1H3. The van der Waals surface area contributed by atoms with Gasteiger partial charge >= 0.3 is 0 Å². The summed E-state index contributed by atoms with van der Waals surface area (Å²) in [7, 11) is 0. The van der Waals surface area contributed by atoms with Crippen molar-refractivity contribution in [3.8, 4) is 0 Å². The molecule has 0 unspecified atom stereocenters. The number of rotatable bonds is 5. The van der Waals surface area contributed by atoms with Crippen LogP contribution in [0.2, 0.25) is 0 Å². The van der Waals surface area contributed by atoms with Crippen molar-refractivity contribution in [1.82, 2.24) is 4.90 Å². The number of nitrogens with two attached hydrogens (primary N) is 1. The second-order valence-corrected chi connectivity index (χ2v) is 6.27. The molecule has 108 valence electrons. The SMILES string of the molecule is Cc1c(N)cc(C(=O)N(CC2CC2)CC2CC2)cc1F. The first-order valence-electron chi connectivity index (χ1n) is 7.39. The van der Waals surface area contributed by atoms with Gasteiger partial charge in [-0.25, -0.2) is 4.39 Å². The highest BCUT2D eigenvalue weighted by atomic mass is 19.1. The van der Waals surface area contributed by atoms with Gasteiger partial charge < -0.3 is 10.6 Å². The normalized spacial score (nSPS) is 18.1. The third-order valence-corrected chi connectivity index (χ3v) is 4.27. The first-order valence-corrected chi connectivity index (χ1v) is 7.39. The number of nitrogen functional groups attached to an aromatic ring is 1. The van der Waals surface area contributed by atoms with Crippen molar-refractivity contribution in [2.75, 3.05) is 18.8 Å². The van der Waals surface area contributed by atoms with Crippen LogP contribution in [0.15, 0.2) is 12.1 Å². The van der Waals surface area contributed by atoms with Crippen LogP contribution in [0.5, 0.6) is 0 Å². The first kappa shape index (κ1) is 13.4. The Kier molecular flexibility index (Phi) is 3.40. The van der Waals surface area contributed by atoms with Gasteiger partial charge in [0.1, 0.15) is 5.82 Å². The lowest BCUT2D eigenvalue weighted by atomic mass is 10.1. The Morgan fingerprint density at radius 3 is 2.25 bits per heavy atom. The van der Waals surface area contributed by atoms with Crippen LogP contribution in [0.4, 0.5) is 10.1 Å². The fourth-order valence-electron chi connectivity index (χ4n) is 2.47. The molecule has 0 spiro atoms. The summed E-state index contributed by atoms with van der Waals surface area (Å²) in [5, 5.41) is 0. The van der Waals surface area contributed by atoms with Crippen LogP contribution >= 0.6 is 0 Å². The number of carbonyl (C=O) groups excluding carboxylic acids is 1. The monoisotopic (exact) mass is 276 g/mol. The summed E-state index contributed by atoms with van der Waals surface area (Å²) in [4.78, 5) is 14.5. The zero-order chi connectivity index (χ0) is 14.3. The van der Waals surface area contributed by atoms with Gasteiger partial charge in [-0.2, -0.15) is 0 Å². The van der Waals surface area contributed by atoms with Crippen molar-refractivity contribution >= 4 is 11.6 Å². The van der Waals surface area contributed by atoms with E-state index in [4.69, 9.17) is 5.73 Å². The quantitative estimate of drug-likeness (QED) is 0.840. The molecule has 1 aromatic rings. The molecule has 2 fully saturated rings. The zero-order valence-corrected chi connectivity index (χ0v) is 11.9. The number of hydrogen-bond donors (Lipinski definition) is 1. The van der Waals surface area contributed by atoms with Gasteiger partial charge in [0.15, 0.2) is 0 Å². The van der Waals surface area contributed by atoms with E-state index < -0.39 is 5.82 Å². The molecule has 0 heterocycles. The lowest BCUT2D eigenvalue weighted by molar-refractivity contribution is 0.0739. The van der Waals surface area contributed by atoms with Crippen LogP contribution in [0.3, 0.4) is 0 Å².